The van der Waals surface area contributed by atoms with Gasteiger partial charge in [0, 0.05) is 19.3 Å². The second-order valence-corrected chi connectivity index (χ2v) is 14.7. The molecule has 3 amide bonds. The van der Waals surface area contributed by atoms with Crippen molar-refractivity contribution in [3.63, 3.8) is 0 Å². The van der Waals surface area contributed by atoms with Crippen molar-refractivity contribution in [2.24, 2.45) is 5.92 Å². The van der Waals surface area contributed by atoms with E-state index < -0.39 is 43.0 Å². The van der Waals surface area contributed by atoms with Crippen LogP contribution in [-0.2, 0) is 27.2 Å². The predicted octanol–water partition coefficient (Wildman–Crippen LogP) is 7.39. The van der Waals surface area contributed by atoms with Gasteiger partial charge >= 0.3 is 6.09 Å². The van der Waals surface area contributed by atoms with Gasteiger partial charge in [-0.25, -0.2) is 23.5 Å². The second-order valence-electron chi connectivity index (χ2n) is 14.7. The average Bonchev–Trinajstić information content (AvgIpc) is 3.97. The van der Waals surface area contributed by atoms with Gasteiger partial charge < -0.3 is 29.8 Å². The first-order valence-corrected chi connectivity index (χ1v) is 18.3. The van der Waals surface area contributed by atoms with E-state index in [0.717, 1.165) is 63.6 Å². The Morgan fingerprint density at radius 3 is 2.02 bits per heavy atom. The van der Waals surface area contributed by atoms with Gasteiger partial charge in [-0.2, -0.15) is 0 Å². The lowest BCUT2D eigenvalue weighted by Crippen LogP contribution is -2.51. The normalized spacial score (nSPS) is 19.5. The molecule has 0 aliphatic carbocycles. The van der Waals surface area contributed by atoms with E-state index in [0.29, 0.717) is 12.1 Å². The zero-order chi connectivity index (χ0) is 37.7. The number of anilines is 1. The van der Waals surface area contributed by atoms with Crippen molar-refractivity contribution >= 4 is 23.6 Å². The summed E-state index contributed by atoms with van der Waals surface area (Å²) in [7, 11) is 1.18. The molecule has 3 unspecified atom stereocenters. The lowest BCUT2D eigenvalue weighted by Gasteiger charge is -2.29. The fraction of sp³-hybridized carbons (Fsp3) is 0.341. The molecule has 0 spiro atoms. The van der Waals surface area contributed by atoms with Crippen LogP contribution in [0.25, 0.3) is 33.6 Å². The molecule has 5 aromatic rings. The fourth-order valence-corrected chi connectivity index (χ4v) is 8.00. The number of H-pyrrole nitrogens is 2. The Bertz CT molecular complexity index is 2210. The summed E-state index contributed by atoms with van der Waals surface area (Å²) in [6.07, 6.45) is 5.04. The molecule has 0 saturated carbocycles. The molecule has 11 nitrogen and oxygen atoms in total. The summed E-state index contributed by atoms with van der Waals surface area (Å²) < 4.78 is 34.2. The first-order valence-electron chi connectivity index (χ1n) is 18.3. The molecule has 1 saturated heterocycles. The zero-order valence-corrected chi connectivity index (χ0v) is 30.2. The molecule has 3 aromatic carbocycles. The molecule has 3 aliphatic heterocycles. The number of hydrogen-bond donors (Lipinski definition) is 3. The van der Waals surface area contributed by atoms with E-state index in [2.05, 4.69) is 43.2 Å². The van der Waals surface area contributed by atoms with E-state index in [-0.39, 0.29) is 23.7 Å². The highest BCUT2D eigenvalue weighted by Crippen LogP contribution is 2.45. The van der Waals surface area contributed by atoms with Gasteiger partial charge in [0.25, 0.3) is 5.92 Å². The lowest BCUT2D eigenvalue weighted by molar-refractivity contribution is -0.136. The molecular formula is C41H41F2N7O4. The Morgan fingerprint density at radius 2 is 1.43 bits per heavy atom. The number of ether oxygens (including phenoxy) is 1. The van der Waals surface area contributed by atoms with E-state index in [1.54, 1.807) is 20.0 Å². The standard InChI is InChI=1S/C41H41F2N7O4/c1-23(2)35(48-40(53)54-3)39(52)49-22-41(42,43)19-33(49)38-45-21-31(47-38)27-16-12-25(13-17-27)24-10-14-26(15-11-24)30-20-44-37(46-30)32-18-29-8-4-6-28-7-5-9-34(51)50(32)36(28)29/h4,6,8,10-17,20-21,23,32-33,35H,5,7,9,18-19,22H2,1-3H3,(H,44,46)(H,45,47)(H,48,53). The summed E-state index contributed by atoms with van der Waals surface area (Å²) in [6, 6.07) is 20.1. The summed E-state index contributed by atoms with van der Waals surface area (Å²) in [4.78, 5) is 57.4. The molecule has 54 heavy (non-hydrogen) atoms. The van der Waals surface area contributed by atoms with Crippen LogP contribution in [0, 0.1) is 5.92 Å². The monoisotopic (exact) mass is 733 g/mol. The topological polar surface area (TPSA) is 136 Å². The highest BCUT2D eigenvalue weighted by Gasteiger charge is 2.50. The highest BCUT2D eigenvalue weighted by molar-refractivity contribution is 5.98. The van der Waals surface area contributed by atoms with Crippen molar-refractivity contribution < 1.29 is 27.9 Å². The third-order valence-electron chi connectivity index (χ3n) is 10.8. The number of rotatable bonds is 8. The van der Waals surface area contributed by atoms with E-state index >= 15 is 0 Å². The lowest BCUT2D eigenvalue weighted by atomic mass is 10.0. The van der Waals surface area contributed by atoms with Gasteiger partial charge in [0.15, 0.2) is 0 Å². The van der Waals surface area contributed by atoms with Crippen molar-refractivity contribution in [1.29, 1.82) is 0 Å². The quantitative estimate of drug-likeness (QED) is 0.152. The van der Waals surface area contributed by atoms with Crippen LogP contribution in [0.5, 0.6) is 0 Å². The molecule has 3 atom stereocenters. The highest BCUT2D eigenvalue weighted by atomic mass is 19.3. The first kappa shape index (κ1) is 35.2. The molecule has 3 aliphatic rings. The number of benzene rings is 3. The van der Waals surface area contributed by atoms with E-state index in [1.807, 2.05) is 59.6 Å². The summed E-state index contributed by atoms with van der Waals surface area (Å²) in [5, 5.41) is 2.48. The van der Waals surface area contributed by atoms with Crippen LogP contribution < -0.4 is 10.2 Å². The van der Waals surface area contributed by atoms with Gasteiger partial charge in [0.1, 0.15) is 17.7 Å². The molecule has 13 heteroatoms. The number of hydrogen-bond acceptors (Lipinski definition) is 6. The van der Waals surface area contributed by atoms with E-state index in [4.69, 9.17) is 4.98 Å². The predicted molar refractivity (Wildman–Crippen MR) is 199 cm³/mol. The van der Waals surface area contributed by atoms with Crippen LogP contribution in [0.3, 0.4) is 0 Å². The Morgan fingerprint density at radius 1 is 0.852 bits per heavy atom. The van der Waals surface area contributed by atoms with Gasteiger partial charge in [0.05, 0.1) is 55.2 Å². The number of nitrogens with zero attached hydrogens (tertiary/aromatic N) is 4. The minimum absolute atomic E-state index is 0.147. The number of aryl methyl sites for hydroxylation is 1. The Hall–Kier alpha value is -5.85. The number of halogens is 2. The molecule has 5 heterocycles. The van der Waals surface area contributed by atoms with E-state index in [1.165, 1.54) is 18.2 Å². The number of carbonyl (C=O) groups is 3. The molecule has 3 N–H and O–H groups in total. The van der Waals surface area contributed by atoms with Crippen molar-refractivity contribution in [2.75, 3.05) is 18.6 Å². The molecule has 1 fully saturated rings. The Kier molecular flexibility index (Phi) is 9.03. The summed E-state index contributed by atoms with van der Waals surface area (Å²) in [5.74, 6) is -2.92. The minimum atomic E-state index is -3.11. The smallest absolute Gasteiger partial charge is 0.407 e. The largest absolute Gasteiger partial charge is 0.453 e. The van der Waals surface area contributed by atoms with Crippen molar-refractivity contribution in [1.82, 2.24) is 30.2 Å². The summed E-state index contributed by atoms with van der Waals surface area (Å²) >= 11 is 0. The van der Waals surface area contributed by atoms with Gasteiger partial charge in [-0.3, -0.25) is 9.59 Å². The molecule has 0 bridgehead atoms. The molecule has 2 aromatic heterocycles. The third-order valence-corrected chi connectivity index (χ3v) is 10.8. The second kappa shape index (κ2) is 13.9. The number of nitrogens with one attached hydrogen (secondary N) is 3. The van der Waals surface area contributed by atoms with Gasteiger partial charge in [-0.05, 0) is 52.1 Å². The van der Waals surface area contributed by atoms with Gasteiger partial charge in [0.2, 0.25) is 11.8 Å². The molecule has 8 rings (SSSR count). The SMILES string of the molecule is COC(=O)NC(C(=O)N1CC(F)(F)CC1c1ncc(-c2ccc(-c3ccc(-c4cnc(C5Cc6cccc7c6N5C(=O)CCC7)[nH]4)cc3)cc2)[nH]1)C(C)C. The number of methoxy groups -OCH3 is 1. The number of aromatic amines is 2. The maximum absolute atomic E-state index is 14.8. The number of likely N-dealkylation sites (tertiary alicyclic amines) is 1. The van der Waals surface area contributed by atoms with Crippen molar-refractivity contribution in [3.8, 4) is 33.6 Å². The first-order chi connectivity index (χ1) is 26.0. The van der Waals surface area contributed by atoms with Crippen LogP contribution in [0.15, 0.2) is 79.1 Å². The van der Waals surface area contributed by atoms with Gasteiger partial charge in [-0.1, -0.05) is 80.6 Å². The van der Waals surface area contributed by atoms with Crippen molar-refractivity contribution in [2.45, 2.75) is 70.0 Å². The number of aromatic nitrogens is 4. The number of alkyl carbamates (subject to hydrolysis) is 1. The van der Waals surface area contributed by atoms with Crippen LogP contribution in [0.4, 0.5) is 19.3 Å². The van der Waals surface area contributed by atoms with Gasteiger partial charge in [-0.15, -0.1) is 0 Å². The summed E-state index contributed by atoms with van der Waals surface area (Å²) in [5.41, 5.74) is 8.76. The maximum atomic E-state index is 14.8. The number of alkyl halides is 2. The number of imidazole rings is 2. The minimum Gasteiger partial charge on any atom is -0.453 e. The number of carbonyl (C=O) groups excluding carboxylic acids is 3. The van der Waals surface area contributed by atoms with Crippen LogP contribution in [-0.4, -0.2) is 68.4 Å². The zero-order valence-electron chi connectivity index (χ0n) is 30.2. The number of amides is 3. The summed E-state index contributed by atoms with van der Waals surface area (Å²) in [6.45, 7) is 2.68. The Balaban J connectivity index is 0.961. The molecule has 0 radical (unpaired) electrons. The Labute approximate surface area is 311 Å². The molecule has 278 valence electrons. The number of para-hydroxylation sites is 1. The van der Waals surface area contributed by atoms with Crippen LogP contribution in [0.2, 0.25) is 0 Å². The van der Waals surface area contributed by atoms with Crippen molar-refractivity contribution in [3.05, 3.63) is 102 Å². The van der Waals surface area contributed by atoms with Crippen LogP contribution in [0.1, 0.15) is 68.0 Å². The van der Waals surface area contributed by atoms with Crippen LogP contribution >= 0.6 is 0 Å². The third kappa shape index (κ3) is 6.52. The van der Waals surface area contributed by atoms with E-state index in [9.17, 15) is 23.2 Å². The maximum Gasteiger partial charge on any atom is 0.407 e. The fourth-order valence-electron chi connectivity index (χ4n) is 8.00. The average molecular weight is 734 g/mol. The molecular weight excluding hydrogens is 692 g/mol.